The number of hydrogen-bond donors (Lipinski definition) is 2. The highest BCUT2D eigenvalue weighted by molar-refractivity contribution is 7.98. The minimum Gasteiger partial charge on any atom is -0.493 e. The van der Waals surface area contributed by atoms with E-state index in [0.29, 0.717) is 36.1 Å². The van der Waals surface area contributed by atoms with Crippen LogP contribution in [0.5, 0.6) is 11.5 Å². The Morgan fingerprint density at radius 3 is 2.70 bits per heavy atom. The third-order valence-corrected chi connectivity index (χ3v) is 4.85. The second kappa shape index (κ2) is 11.1. The molecule has 2 N–H and O–H groups in total. The summed E-state index contributed by atoms with van der Waals surface area (Å²) in [4.78, 5) is 11.3. The van der Waals surface area contributed by atoms with E-state index in [1.807, 2.05) is 48.7 Å². The molecule has 146 valence electrons. The molecule has 0 radical (unpaired) electrons. The summed E-state index contributed by atoms with van der Waals surface area (Å²) in [6, 6.07) is 12.5. The highest BCUT2D eigenvalue weighted by atomic mass is 35.5. The molecule has 0 saturated heterocycles. The number of carboxylic acids is 1. The molecule has 7 heteroatoms. The Morgan fingerprint density at radius 2 is 2.04 bits per heavy atom. The number of benzene rings is 2. The molecule has 2 aromatic rings. The molecule has 27 heavy (non-hydrogen) atoms. The Bertz CT molecular complexity index is 757. The SMILES string of the molecule is COc1cc(CNC(CCSC)C(=O)O)ccc1OCc1cccc(Cl)c1. The second-order valence-corrected chi connectivity index (χ2v) is 7.38. The van der Waals surface area contributed by atoms with Crippen molar-refractivity contribution in [3.63, 3.8) is 0 Å². The van der Waals surface area contributed by atoms with Crippen molar-refractivity contribution in [2.24, 2.45) is 0 Å². The molecular formula is C20H24ClNO4S. The van der Waals surface area contributed by atoms with E-state index in [9.17, 15) is 9.90 Å². The Labute approximate surface area is 169 Å². The molecule has 0 aliphatic rings. The number of hydrogen-bond acceptors (Lipinski definition) is 5. The predicted octanol–water partition coefficient (Wildman–Crippen LogP) is 4.22. The van der Waals surface area contributed by atoms with Gasteiger partial charge in [-0.25, -0.2) is 0 Å². The fourth-order valence-corrected chi connectivity index (χ4v) is 3.20. The van der Waals surface area contributed by atoms with Gasteiger partial charge in [-0.2, -0.15) is 11.8 Å². The highest BCUT2D eigenvalue weighted by Gasteiger charge is 2.16. The van der Waals surface area contributed by atoms with Gasteiger partial charge in [-0.15, -0.1) is 0 Å². The molecule has 0 bridgehead atoms. The lowest BCUT2D eigenvalue weighted by Crippen LogP contribution is -2.36. The van der Waals surface area contributed by atoms with Crippen LogP contribution in [-0.4, -0.2) is 36.2 Å². The van der Waals surface area contributed by atoms with Crippen molar-refractivity contribution in [2.75, 3.05) is 19.1 Å². The van der Waals surface area contributed by atoms with Crippen molar-refractivity contribution in [2.45, 2.75) is 25.6 Å². The number of halogens is 1. The van der Waals surface area contributed by atoms with Crippen LogP contribution in [0.4, 0.5) is 0 Å². The van der Waals surface area contributed by atoms with Gasteiger partial charge in [0.25, 0.3) is 0 Å². The number of ether oxygens (including phenoxy) is 2. The Kier molecular flexibility index (Phi) is 8.78. The minimum absolute atomic E-state index is 0.379. The Hall–Kier alpha value is -1.89. The molecule has 0 spiro atoms. The molecule has 0 saturated carbocycles. The maximum absolute atomic E-state index is 11.3. The van der Waals surface area contributed by atoms with E-state index in [4.69, 9.17) is 21.1 Å². The predicted molar refractivity (Wildman–Crippen MR) is 110 cm³/mol. The first-order valence-corrected chi connectivity index (χ1v) is 10.3. The van der Waals surface area contributed by atoms with Crippen molar-refractivity contribution < 1.29 is 19.4 Å². The monoisotopic (exact) mass is 409 g/mol. The fourth-order valence-electron chi connectivity index (χ4n) is 2.52. The van der Waals surface area contributed by atoms with Crippen LogP contribution in [0.15, 0.2) is 42.5 Å². The summed E-state index contributed by atoms with van der Waals surface area (Å²) >= 11 is 7.62. The topological polar surface area (TPSA) is 67.8 Å². The molecule has 0 heterocycles. The average molecular weight is 410 g/mol. The molecule has 0 aliphatic heterocycles. The van der Waals surface area contributed by atoms with Gasteiger partial charge in [-0.05, 0) is 53.8 Å². The zero-order valence-electron chi connectivity index (χ0n) is 15.4. The van der Waals surface area contributed by atoms with E-state index in [-0.39, 0.29) is 0 Å². The van der Waals surface area contributed by atoms with Gasteiger partial charge in [-0.1, -0.05) is 29.8 Å². The summed E-state index contributed by atoms with van der Waals surface area (Å²) in [5.41, 5.74) is 1.89. The van der Waals surface area contributed by atoms with Crippen molar-refractivity contribution in [1.82, 2.24) is 5.32 Å². The van der Waals surface area contributed by atoms with Crippen LogP contribution in [0.3, 0.4) is 0 Å². The van der Waals surface area contributed by atoms with Crippen LogP contribution in [0.1, 0.15) is 17.5 Å². The van der Waals surface area contributed by atoms with Crippen LogP contribution in [0, 0.1) is 0 Å². The lowest BCUT2D eigenvalue weighted by atomic mass is 10.1. The minimum atomic E-state index is -0.836. The van der Waals surface area contributed by atoms with Crippen LogP contribution < -0.4 is 14.8 Å². The van der Waals surface area contributed by atoms with Gasteiger partial charge >= 0.3 is 5.97 Å². The maximum Gasteiger partial charge on any atom is 0.320 e. The van der Waals surface area contributed by atoms with E-state index >= 15 is 0 Å². The number of nitrogens with one attached hydrogen (secondary N) is 1. The standard InChI is InChI=1S/C20H24ClNO4S/c1-25-19-11-14(12-22-17(20(23)24)8-9-27-2)6-7-18(19)26-13-15-4-3-5-16(21)10-15/h3-7,10-11,17,22H,8-9,12-13H2,1-2H3,(H,23,24). The summed E-state index contributed by atoms with van der Waals surface area (Å²) in [5, 5.41) is 13.0. The Morgan fingerprint density at radius 1 is 1.22 bits per heavy atom. The average Bonchev–Trinajstić information content (AvgIpc) is 2.66. The zero-order valence-corrected chi connectivity index (χ0v) is 17.0. The lowest BCUT2D eigenvalue weighted by Gasteiger charge is -2.16. The van der Waals surface area contributed by atoms with E-state index in [1.54, 1.807) is 18.9 Å². The van der Waals surface area contributed by atoms with Gasteiger partial charge < -0.3 is 19.9 Å². The summed E-state index contributed by atoms with van der Waals surface area (Å²) in [6.07, 6.45) is 2.54. The second-order valence-electron chi connectivity index (χ2n) is 5.96. The van der Waals surface area contributed by atoms with E-state index < -0.39 is 12.0 Å². The van der Waals surface area contributed by atoms with Crippen molar-refractivity contribution in [3.8, 4) is 11.5 Å². The quantitative estimate of drug-likeness (QED) is 0.579. The third-order valence-electron chi connectivity index (χ3n) is 3.97. The van der Waals surface area contributed by atoms with E-state index in [1.165, 1.54) is 0 Å². The first-order chi connectivity index (χ1) is 13.0. The first kappa shape index (κ1) is 21.4. The van der Waals surface area contributed by atoms with Gasteiger partial charge in [0.05, 0.1) is 7.11 Å². The number of aliphatic carboxylic acids is 1. The van der Waals surface area contributed by atoms with Crippen molar-refractivity contribution >= 4 is 29.3 Å². The first-order valence-electron chi connectivity index (χ1n) is 8.52. The van der Waals surface area contributed by atoms with E-state index in [0.717, 1.165) is 16.9 Å². The van der Waals surface area contributed by atoms with Crippen LogP contribution in [0.2, 0.25) is 5.02 Å². The van der Waals surface area contributed by atoms with Gasteiger partial charge in [0.1, 0.15) is 12.6 Å². The van der Waals surface area contributed by atoms with Gasteiger partial charge in [0.2, 0.25) is 0 Å². The third kappa shape index (κ3) is 6.97. The number of rotatable bonds is 11. The summed E-state index contributed by atoms with van der Waals surface area (Å²) in [5.74, 6) is 1.19. The molecule has 0 fully saturated rings. The fraction of sp³-hybridized carbons (Fsp3) is 0.350. The van der Waals surface area contributed by atoms with Crippen molar-refractivity contribution in [3.05, 3.63) is 58.6 Å². The normalized spacial score (nSPS) is 11.8. The zero-order chi connectivity index (χ0) is 19.6. The smallest absolute Gasteiger partial charge is 0.320 e. The lowest BCUT2D eigenvalue weighted by molar-refractivity contribution is -0.139. The molecule has 2 rings (SSSR count). The molecule has 0 aromatic heterocycles. The number of carbonyl (C=O) groups is 1. The molecular weight excluding hydrogens is 386 g/mol. The van der Waals surface area contributed by atoms with Crippen LogP contribution >= 0.6 is 23.4 Å². The molecule has 1 unspecified atom stereocenters. The molecule has 1 atom stereocenters. The molecule has 0 aliphatic carbocycles. The number of carboxylic acid groups (broad SMARTS) is 1. The molecule has 0 amide bonds. The molecule has 2 aromatic carbocycles. The van der Waals surface area contributed by atoms with Gasteiger partial charge in [0.15, 0.2) is 11.5 Å². The van der Waals surface area contributed by atoms with Crippen LogP contribution in [-0.2, 0) is 17.9 Å². The summed E-state index contributed by atoms with van der Waals surface area (Å²) < 4.78 is 11.3. The van der Waals surface area contributed by atoms with Crippen LogP contribution in [0.25, 0.3) is 0 Å². The molecule has 5 nitrogen and oxygen atoms in total. The van der Waals surface area contributed by atoms with Gasteiger partial charge in [0, 0.05) is 11.6 Å². The number of thioether (sulfide) groups is 1. The van der Waals surface area contributed by atoms with E-state index in [2.05, 4.69) is 5.32 Å². The largest absolute Gasteiger partial charge is 0.493 e. The Balaban J connectivity index is 1.99. The highest BCUT2D eigenvalue weighted by Crippen LogP contribution is 2.29. The number of methoxy groups -OCH3 is 1. The summed E-state index contributed by atoms with van der Waals surface area (Å²) in [6.45, 7) is 0.820. The van der Waals surface area contributed by atoms with Crippen molar-refractivity contribution in [1.29, 1.82) is 0 Å². The maximum atomic E-state index is 11.3. The summed E-state index contributed by atoms with van der Waals surface area (Å²) in [7, 11) is 1.58. The van der Waals surface area contributed by atoms with Gasteiger partial charge in [-0.3, -0.25) is 4.79 Å².